The van der Waals surface area contributed by atoms with Crippen molar-refractivity contribution in [2.24, 2.45) is 5.92 Å². The van der Waals surface area contributed by atoms with Gasteiger partial charge in [-0.05, 0) is 89.5 Å². The minimum absolute atomic E-state index is 0.178. The molecule has 1 N–H and O–H groups in total. The second-order valence-electron chi connectivity index (χ2n) is 12.8. The molecule has 234 valence electrons. The molecule has 7 nitrogen and oxygen atoms in total. The second kappa shape index (κ2) is 13.7. The van der Waals surface area contributed by atoms with Crippen LogP contribution in [0.2, 0.25) is 0 Å². The van der Waals surface area contributed by atoms with Gasteiger partial charge in [0, 0.05) is 19.0 Å². The Morgan fingerprint density at radius 2 is 1.67 bits per heavy atom. The number of ether oxygens (including phenoxy) is 2. The zero-order valence-electron chi connectivity index (χ0n) is 25.9. The van der Waals surface area contributed by atoms with Crippen LogP contribution in [0.15, 0.2) is 54.6 Å². The van der Waals surface area contributed by atoms with Gasteiger partial charge >= 0.3 is 18.0 Å². The maximum atomic E-state index is 15.5. The summed E-state index contributed by atoms with van der Waals surface area (Å²) >= 11 is 0. The Morgan fingerprint density at radius 3 is 2.21 bits per heavy atom. The third-order valence-corrected chi connectivity index (χ3v) is 7.52. The summed E-state index contributed by atoms with van der Waals surface area (Å²) in [5.74, 6) is -4.71. The number of aliphatic carboxylic acids is 1. The molecule has 0 saturated heterocycles. The van der Waals surface area contributed by atoms with Crippen LogP contribution in [0.1, 0.15) is 83.4 Å². The molecule has 1 aliphatic carbocycles. The van der Waals surface area contributed by atoms with E-state index in [1.54, 1.807) is 63.2 Å². The van der Waals surface area contributed by atoms with Gasteiger partial charge in [0.1, 0.15) is 23.7 Å². The maximum Gasteiger partial charge on any atom is 0.411 e. The van der Waals surface area contributed by atoms with Crippen molar-refractivity contribution in [3.05, 3.63) is 77.1 Å². The van der Waals surface area contributed by atoms with Crippen molar-refractivity contribution in [1.29, 1.82) is 0 Å². The van der Waals surface area contributed by atoms with E-state index in [0.717, 1.165) is 36.2 Å². The number of likely N-dealkylation sites (N-methyl/N-ethyl adjacent to an activating group) is 1. The van der Waals surface area contributed by atoms with E-state index in [-0.39, 0.29) is 13.0 Å². The molecule has 43 heavy (non-hydrogen) atoms. The number of alkyl halides is 1. The van der Waals surface area contributed by atoms with Gasteiger partial charge in [0.05, 0.1) is 5.92 Å². The fourth-order valence-electron chi connectivity index (χ4n) is 5.52. The van der Waals surface area contributed by atoms with Gasteiger partial charge in [0.25, 0.3) is 0 Å². The molecule has 3 rings (SSSR count). The number of carboxylic acid groups (broad SMARTS) is 1. The molecular weight excluding hydrogens is 556 g/mol. The smallest absolute Gasteiger partial charge is 0.411 e. The Bertz CT molecular complexity index is 1330. The standard InChI is InChI=1S/C34H43F2NO6/c1-32(2,3)43-31(41)37(6)34(30(39)40,22-33(4,5)36)27(29(38)42-21-23-13-9-7-10-14-23)19-24-17-18-26(28(35)20-24)25-15-11-8-12-16-25/h7,9-10,13-15,17-18,20,27H,8,11-12,16,19,21-22H2,1-6H3,(H,39,40)/t27-,34-/m0/s1. The van der Waals surface area contributed by atoms with Crippen LogP contribution in [0, 0.1) is 11.7 Å². The summed E-state index contributed by atoms with van der Waals surface area (Å²) in [6.07, 6.45) is 3.49. The maximum absolute atomic E-state index is 15.5. The number of amides is 1. The van der Waals surface area contributed by atoms with Crippen molar-refractivity contribution >= 4 is 23.6 Å². The molecule has 0 radical (unpaired) electrons. The highest BCUT2D eigenvalue weighted by Gasteiger charge is 2.58. The molecule has 2 aromatic rings. The molecule has 0 heterocycles. The van der Waals surface area contributed by atoms with Gasteiger partial charge in [-0.15, -0.1) is 0 Å². The Labute approximate surface area is 252 Å². The summed E-state index contributed by atoms with van der Waals surface area (Å²) in [6.45, 7) is 7.00. The molecule has 2 atom stereocenters. The van der Waals surface area contributed by atoms with Crippen molar-refractivity contribution in [3.63, 3.8) is 0 Å². The summed E-state index contributed by atoms with van der Waals surface area (Å²) in [5.41, 5.74) is -3.29. The topological polar surface area (TPSA) is 93.1 Å². The highest BCUT2D eigenvalue weighted by Crippen LogP contribution is 2.39. The van der Waals surface area contributed by atoms with Gasteiger partial charge in [-0.3, -0.25) is 9.69 Å². The summed E-state index contributed by atoms with van der Waals surface area (Å²) in [6, 6.07) is 13.3. The van der Waals surface area contributed by atoms with Gasteiger partial charge in [0.2, 0.25) is 0 Å². The van der Waals surface area contributed by atoms with Gasteiger partial charge in [-0.2, -0.15) is 0 Å². The van der Waals surface area contributed by atoms with Gasteiger partial charge in [-0.25, -0.2) is 18.4 Å². The van der Waals surface area contributed by atoms with Crippen LogP contribution in [-0.2, 0) is 32.1 Å². The molecule has 0 bridgehead atoms. The molecule has 0 unspecified atom stereocenters. The summed E-state index contributed by atoms with van der Waals surface area (Å²) < 4.78 is 42.0. The molecule has 0 aromatic heterocycles. The third-order valence-electron chi connectivity index (χ3n) is 7.52. The fourth-order valence-corrected chi connectivity index (χ4v) is 5.52. The predicted octanol–water partition coefficient (Wildman–Crippen LogP) is 7.51. The van der Waals surface area contributed by atoms with E-state index in [2.05, 4.69) is 0 Å². The first-order valence-corrected chi connectivity index (χ1v) is 14.6. The Balaban J connectivity index is 2.12. The minimum Gasteiger partial charge on any atom is -0.479 e. The third kappa shape index (κ3) is 8.88. The number of carbonyl (C=O) groups is 3. The van der Waals surface area contributed by atoms with Crippen LogP contribution in [0.5, 0.6) is 0 Å². The quantitative estimate of drug-likeness (QED) is 0.269. The number of benzene rings is 2. The fraction of sp³-hybridized carbons (Fsp3) is 0.500. The van der Waals surface area contributed by atoms with E-state index < -0.39 is 53.0 Å². The number of hydrogen-bond acceptors (Lipinski definition) is 5. The Hall–Kier alpha value is -3.75. The van der Waals surface area contributed by atoms with E-state index in [1.165, 1.54) is 27.0 Å². The SMILES string of the molecule is CN(C(=O)OC(C)(C)C)[C@](CC(C)(C)F)(C(=O)O)[C@@H](Cc1ccc(C2=CCCCC2)c(F)c1)C(=O)OCc1ccccc1. The number of carboxylic acids is 1. The predicted molar refractivity (Wildman–Crippen MR) is 160 cm³/mol. The number of halogens is 2. The second-order valence-corrected chi connectivity index (χ2v) is 12.8. The van der Waals surface area contributed by atoms with Crippen molar-refractivity contribution in [3.8, 4) is 0 Å². The molecule has 1 amide bonds. The lowest BCUT2D eigenvalue weighted by atomic mass is 9.72. The average molecular weight is 600 g/mol. The molecular formula is C34H43F2NO6. The Morgan fingerprint density at radius 1 is 1.00 bits per heavy atom. The molecule has 0 spiro atoms. The van der Waals surface area contributed by atoms with E-state index in [0.29, 0.717) is 16.7 Å². The van der Waals surface area contributed by atoms with Crippen molar-refractivity contribution in [1.82, 2.24) is 4.90 Å². The van der Waals surface area contributed by atoms with Crippen LogP contribution in [0.4, 0.5) is 13.6 Å². The summed E-state index contributed by atoms with van der Waals surface area (Å²) in [4.78, 5) is 41.2. The summed E-state index contributed by atoms with van der Waals surface area (Å²) in [5, 5.41) is 10.8. The number of rotatable bonds is 11. The zero-order chi connectivity index (χ0) is 32.0. The molecule has 0 aliphatic heterocycles. The van der Waals surface area contributed by atoms with Crippen molar-refractivity contribution in [2.75, 3.05) is 7.05 Å². The average Bonchev–Trinajstić information content (AvgIpc) is 2.92. The summed E-state index contributed by atoms with van der Waals surface area (Å²) in [7, 11) is 1.17. The van der Waals surface area contributed by atoms with Crippen LogP contribution < -0.4 is 0 Å². The van der Waals surface area contributed by atoms with Crippen LogP contribution in [-0.4, -0.2) is 51.9 Å². The molecule has 1 aliphatic rings. The van der Waals surface area contributed by atoms with E-state index in [1.807, 2.05) is 6.08 Å². The lowest BCUT2D eigenvalue weighted by molar-refractivity contribution is -0.171. The molecule has 9 heteroatoms. The molecule has 0 saturated carbocycles. The Kier molecular flexibility index (Phi) is 10.7. The van der Waals surface area contributed by atoms with Crippen molar-refractivity contribution in [2.45, 2.75) is 96.6 Å². The highest BCUT2D eigenvalue weighted by molar-refractivity contribution is 5.91. The normalized spacial score (nSPS) is 16.0. The number of nitrogens with zero attached hydrogens (tertiary/aromatic N) is 1. The zero-order valence-corrected chi connectivity index (χ0v) is 25.9. The monoisotopic (exact) mass is 599 g/mol. The number of esters is 1. The lowest BCUT2D eigenvalue weighted by Crippen LogP contribution is -2.65. The van der Waals surface area contributed by atoms with Crippen LogP contribution in [0.3, 0.4) is 0 Å². The van der Waals surface area contributed by atoms with Gasteiger partial charge in [0.15, 0.2) is 5.54 Å². The van der Waals surface area contributed by atoms with Gasteiger partial charge < -0.3 is 14.6 Å². The van der Waals surface area contributed by atoms with Crippen molar-refractivity contribution < 1.29 is 37.7 Å². The van der Waals surface area contributed by atoms with E-state index in [9.17, 15) is 19.5 Å². The molecule has 0 fully saturated rings. The van der Waals surface area contributed by atoms with Crippen LogP contribution in [0.25, 0.3) is 5.57 Å². The first-order chi connectivity index (χ1) is 20.0. The number of hydrogen-bond donors (Lipinski definition) is 1. The van der Waals surface area contributed by atoms with E-state index in [4.69, 9.17) is 9.47 Å². The van der Waals surface area contributed by atoms with Gasteiger partial charge in [-0.1, -0.05) is 48.5 Å². The number of carbonyl (C=O) groups excluding carboxylic acids is 2. The van der Waals surface area contributed by atoms with E-state index >= 15 is 8.78 Å². The first-order valence-electron chi connectivity index (χ1n) is 14.6. The largest absolute Gasteiger partial charge is 0.479 e. The first kappa shape index (κ1) is 33.7. The highest BCUT2D eigenvalue weighted by atomic mass is 19.1. The molecule has 2 aromatic carbocycles. The van der Waals surface area contributed by atoms with Crippen LogP contribution >= 0.6 is 0 Å². The minimum atomic E-state index is -2.45. The lowest BCUT2D eigenvalue weighted by Gasteiger charge is -2.44. The number of allylic oxidation sites excluding steroid dienone is 2.